The van der Waals surface area contributed by atoms with E-state index in [0.29, 0.717) is 20.0 Å². The van der Waals surface area contributed by atoms with E-state index in [2.05, 4.69) is 23.4 Å². The molecule has 0 saturated carbocycles. The average molecular weight is 559 g/mol. The zero-order valence-electron chi connectivity index (χ0n) is 21.0. The third kappa shape index (κ3) is 6.05. The third-order valence-corrected chi connectivity index (χ3v) is 9.19. The van der Waals surface area contributed by atoms with Crippen LogP contribution in [0.4, 0.5) is 11.4 Å². The molecular weight excluding hydrogens is 529 g/mol. The van der Waals surface area contributed by atoms with Crippen molar-refractivity contribution in [2.45, 2.75) is 78.1 Å². The van der Waals surface area contributed by atoms with Crippen LogP contribution in [0.2, 0.25) is 0 Å². The number of hydrogen-bond donors (Lipinski definition) is 0. The maximum Gasteiger partial charge on any atom is 0.357 e. The number of benzene rings is 1. The largest absolute Gasteiger partial charge is 0.357 e. The summed E-state index contributed by atoms with van der Waals surface area (Å²) in [5.41, 5.74) is 2.01. The molecular formula is C26H30N4O4S3. The Morgan fingerprint density at radius 1 is 0.757 bits per heavy atom. The SMILES string of the molecule is CCCCCCc1csc(-c2c([N+](=O)[O-])c([N+](=O)[O-])c(-c3cc(CCCCCC)cs3)c3snnc23)c1. The quantitative estimate of drug-likeness (QED) is 0.0866. The van der Waals surface area contributed by atoms with Gasteiger partial charge in [-0.25, -0.2) is 0 Å². The molecule has 0 amide bonds. The molecule has 4 aromatic rings. The molecule has 0 saturated heterocycles. The normalized spacial score (nSPS) is 11.4. The van der Waals surface area contributed by atoms with Gasteiger partial charge in [-0.2, -0.15) is 0 Å². The van der Waals surface area contributed by atoms with Crippen molar-refractivity contribution in [3.63, 3.8) is 0 Å². The van der Waals surface area contributed by atoms with Crippen molar-refractivity contribution in [3.05, 3.63) is 54.2 Å². The molecule has 1 aromatic carbocycles. The van der Waals surface area contributed by atoms with E-state index in [-0.39, 0.29) is 11.1 Å². The smallest absolute Gasteiger partial charge is 0.258 e. The number of nitro benzene ring substituents is 2. The summed E-state index contributed by atoms with van der Waals surface area (Å²) in [4.78, 5) is 24.8. The van der Waals surface area contributed by atoms with E-state index in [1.807, 2.05) is 22.9 Å². The molecule has 0 unspecified atom stereocenters. The number of aromatic nitrogens is 2. The molecule has 0 aliphatic rings. The number of aryl methyl sites for hydroxylation is 2. The Hall–Kier alpha value is -2.76. The van der Waals surface area contributed by atoms with Gasteiger partial charge in [0.05, 0.1) is 20.1 Å². The molecule has 4 rings (SSSR count). The van der Waals surface area contributed by atoms with E-state index >= 15 is 0 Å². The number of unbranched alkanes of at least 4 members (excludes halogenated alkanes) is 6. The van der Waals surface area contributed by atoms with Gasteiger partial charge in [0.1, 0.15) is 11.1 Å². The molecule has 0 fully saturated rings. The molecule has 3 heterocycles. The molecule has 0 radical (unpaired) electrons. The van der Waals surface area contributed by atoms with Gasteiger partial charge >= 0.3 is 11.4 Å². The van der Waals surface area contributed by atoms with Crippen molar-refractivity contribution in [1.82, 2.24) is 9.59 Å². The predicted molar refractivity (Wildman–Crippen MR) is 153 cm³/mol. The lowest BCUT2D eigenvalue weighted by molar-refractivity contribution is -0.421. The minimum atomic E-state index is -0.629. The van der Waals surface area contributed by atoms with Crippen LogP contribution in [-0.2, 0) is 12.8 Å². The van der Waals surface area contributed by atoms with Gasteiger partial charge in [0, 0.05) is 9.75 Å². The maximum absolute atomic E-state index is 12.4. The summed E-state index contributed by atoms with van der Waals surface area (Å²) >= 11 is 3.80. The average Bonchev–Trinajstić information content (AvgIpc) is 3.64. The van der Waals surface area contributed by atoms with Gasteiger partial charge in [0.15, 0.2) is 0 Å². The summed E-state index contributed by atoms with van der Waals surface area (Å²) in [5.74, 6) is 0. The topological polar surface area (TPSA) is 112 Å². The van der Waals surface area contributed by atoms with Crippen LogP contribution in [0, 0.1) is 20.2 Å². The van der Waals surface area contributed by atoms with Gasteiger partial charge < -0.3 is 0 Å². The molecule has 3 aromatic heterocycles. The lowest BCUT2D eigenvalue weighted by Gasteiger charge is -2.07. The maximum atomic E-state index is 12.4. The van der Waals surface area contributed by atoms with E-state index in [1.165, 1.54) is 35.5 Å². The number of hydrogen-bond acceptors (Lipinski definition) is 9. The van der Waals surface area contributed by atoms with Crippen LogP contribution in [0.25, 0.3) is 31.1 Å². The second kappa shape index (κ2) is 12.7. The first-order valence-electron chi connectivity index (χ1n) is 12.7. The Labute approximate surface area is 227 Å². The van der Waals surface area contributed by atoms with Crippen molar-refractivity contribution >= 4 is 55.8 Å². The van der Waals surface area contributed by atoms with Gasteiger partial charge in [-0.05, 0) is 71.2 Å². The Bertz CT molecular complexity index is 1290. The Morgan fingerprint density at radius 3 is 1.78 bits per heavy atom. The summed E-state index contributed by atoms with van der Waals surface area (Å²) in [6.45, 7) is 4.33. The van der Waals surface area contributed by atoms with Crippen LogP contribution in [0.1, 0.15) is 76.3 Å². The van der Waals surface area contributed by atoms with E-state index in [0.717, 1.165) is 74.0 Å². The molecule has 0 spiro atoms. The lowest BCUT2D eigenvalue weighted by atomic mass is 10.00. The number of nitro groups is 2. The standard InChI is InChI=1S/C26H30N4O4S3/c1-3-5-7-9-11-17-13-19(35-15-17)21-23-26(37-28-27-23)22(25(30(33)34)24(21)29(31)32)20-14-18(16-36-20)12-10-8-6-4-2/h13-16H,3-12H2,1-2H3. The number of rotatable bonds is 14. The highest BCUT2D eigenvalue weighted by molar-refractivity contribution is 7.17. The zero-order chi connectivity index (χ0) is 26.4. The molecule has 0 aliphatic carbocycles. The summed E-state index contributed by atoms with van der Waals surface area (Å²) in [5, 5.41) is 33.0. The highest BCUT2D eigenvalue weighted by Gasteiger charge is 2.39. The molecule has 37 heavy (non-hydrogen) atoms. The van der Waals surface area contributed by atoms with Crippen molar-refractivity contribution < 1.29 is 9.85 Å². The summed E-state index contributed by atoms with van der Waals surface area (Å²) < 4.78 is 4.60. The highest BCUT2D eigenvalue weighted by atomic mass is 32.1. The van der Waals surface area contributed by atoms with Crippen LogP contribution in [0.5, 0.6) is 0 Å². The fourth-order valence-corrected chi connectivity index (χ4v) is 7.37. The molecule has 0 aliphatic heterocycles. The molecule has 11 heteroatoms. The van der Waals surface area contributed by atoms with Crippen LogP contribution >= 0.6 is 34.2 Å². The molecule has 0 bridgehead atoms. The van der Waals surface area contributed by atoms with E-state index < -0.39 is 21.2 Å². The Balaban J connectivity index is 1.81. The number of fused-ring (bicyclic) bond motifs is 1. The first kappa shape index (κ1) is 27.3. The number of nitrogens with zero attached hydrogens (tertiary/aromatic N) is 4. The zero-order valence-corrected chi connectivity index (χ0v) is 23.5. The third-order valence-electron chi connectivity index (χ3n) is 6.45. The molecule has 0 N–H and O–H groups in total. The van der Waals surface area contributed by atoms with Crippen molar-refractivity contribution in [1.29, 1.82) is 0 Å². The van der Waals surface area contributed by atoms with Gasteiger partial charge in [-0.3, -0.25) is 20.2 Å². The van der Waals surface area contributed by atoms with E-state index in [9.17, 15) is 20.2 Å². The molecule has 0 atom stereocenters. The first-order chi connectivity index (χ1) is 18.0. The second-order valence-corrected chi connectivity index (χ2v) is 11.7. The van der Waals surface area contributed by atoms with Gasteiger partial charge in [-0.15, -0.1) is 27.8 Å². The van der Waals surface area contributed by atoms with Crippen LogP contribution in [0.15, 0.2) is 22.9 Å². The summed E-state index contributed by atoms with van der Waals surface area (Å²) in [6, 6.07) is 3.85. The van der Waals surface area contributed by atoms with E-state index in [1.54, 1.807) is 0 Å². The second-order valence-electron chi connectivity index (χ2n) is 9.17. The van der Waals surface area contributed by atoms with Crippen molar-refractivity contribution in [2.24, 2.45) is 0 Å². The highest BCUT2D eigenvalue weighted by Crippen LogP contribution is 2.52. The monoisotopic (exact) mass is 558 g/mol. The predicted octanol–water partition coefficient (Wildman–Crippen LogP) is 9.21. The van der Waals surface area contributed by atoms with Crippen molar-refractivity contribution in [3.8, 4) is 20.9 Å². The Morgan fingerprint density at radius 2 is 1.27 bits per heavy atom. The van der Waals surface area contributed by atoms with Crippen molar-refractivity contribution in [2.75, 3.05) is 0 Å². The minimum absolute atomic E-state index is 0.199. The van der Waals surface area contributed by atoms with E-state index in [4.69, 9.17) is 0 Å². The molecule has 196 valence electrons. The van der Waals surface area contributed by atoms with Crippen LogP contribution in [-0.4, -0.2) is 19.4 Å². The van der Waals surface area contributed by atoms with Gasteiger partial charge in [0.2, 0.25) is 0 Å². The lowest BCUT2D eigenvalue weighted by Crippen LogP contribution is -2.02. The number of thiophene rings is 2. The fourth-order valence-electron chi connectivity index (χ4n) is 4.58. The van der Waals surface area contributed by atoms with Crippen LogP contribution < -0.4 is 0 Å². The summed E-state index contributed by atoms with van der Waals surface area (Å²) in [6.07, 6.45) is 10.7. The fraction of sp³-hybridized carbons (Fsp3) is 0.462. The van der Waals surface area contributed by atoms with Gasteiger partial charge in [0.25, 0.3) is 0 Å². The first-order valence-corrected chi connectivity index (χ1v) is 15.3. The van der Waals surface area contributed by atoms with Gasteiger partial charge in [-0.1, -0.05) is 56.9 Å². The summed E-state index contributed by atoms with van der Waals surface area (Å²) in [7, 11) is 0. The van der Waals surface area contributed by atoms with Crippen LogP contribution in [0.3, 0.4) is 0 Å². The molecule has 8 nitrogen and oxygen atoms in total. The Kier molecular flexibility index (Phi) is 9.33. The minimum Gasteiger partial charge on any atom is -0.258 e.